The van der Waals surface area contributed by atoms with Gasteiger partial charge in [-0.2, -0.15) is 0 Å². The van der Waals surface area contributed by atoms with Crippen molar-refractivity contribution < 1.29 is 0 Å². The number of thioether (sulfide) groups is 1. The van der Waals surface area contributed by atoms with E-state index in [1.165, 1.54) is 25.1 Å². The maximum absolute atomic E-state index is 3.62. The average Bonchev–Trinajstić information content (AvgIpc) is 2.29. The van der Waals surface area contributed by atoms with Gasteiger partial charge in [-0.1, -0.05) is 13.8 Å². The third-order valence-corrected chi connectivity index (χ3v) is 4.49. The number of nitrogens with one attached hydrogen (secondary N) is 1. The normalized spacial score (nSPS) is 43.4. The van der Waals surface area contributed by atoms with Crippen LogP contribution in [0.25, 0.3) is 0 Å². The molecule has 1 nitrogen and oxygen atoms in total. The maximum Gasteiger partial charge on any atom is 0.0651 e. The van der Waals surface area contributed by atoms with E-state index in [1.807, 2.05) is 0 Å². The summed E-state index contributed by atoms with van der Waals surface area (Å²) in [6.45, 7) is 5.92. The molecule has 0 radical (unpaired) electrons. The van der Waals surface area contributed by atoms with Crippen molar-refractivity contribution in [3.8, 4) is 0 Å². The minimum Gasteiger partial charge on any atom is -0.302 e. The van der Waals surface area contributed by atoms with Crippen molar-refractivity contribution in [2.24, 2.45) is 11.8 Å². The van der Waals surface area contributed by atoms with Gasteiger partial charge in [-0.15, -0.1) is 11.8 Å². The van der Waals surface area contributed by atoms with E-state index in [9.17, 15) is 0 Å². The van der Waals surface area contributed by atoms with Crippen molar-refractivity contribution in [2.75, 3.05) is 12.3 Å². The van der Waals surface area contributed by atoms with E-state index in [0.29, 0.717) is 4.87 Å². The lowest BCUT2D eigenvalue weighted by Crippen LogP contribution is -2.50. The Labute approximate surface area is 73.3 Å². The summed E-state index contributed by atoms with van der Waals surface area (Å²) < 4.78 is 0. The van der Waals surface area contributed by atoms with Crippen LogP contribution in [0.1, 0.15) is 26.7 Å². The maximum atomic E-state index is 3.62. The second-order valence-electron chi connectivity index (χ2n) is 4.18. The summed E-state index contributed by atoms with van der Waals surface area (Å²) in [7, 11) is 0. The fourth-order valence-electron chi connectivity index (χ4n) is 2.10. The van der Waals surface area contributed by atoms with Crippen molar-refractivity contribution in [3.05, 3.63) is 0 Å². The van der Waals surface area contributed by atoms with Gasteiger partial charge in [0.2, 0.25) is 0 Å². The second kappa shape index (κ2) is 2.67. The third kappa shape index (κ3) is 1.31. The van der Waals surface area contributed by atoms with Crippen LogP contribution in [0.15, 0.2) is 0 Å². The van der Waals surface area contributed by atoms with E-state index in [2.05, 4.69) is 30.9 Å². The van der Waals surface area contributed by atoms with E-state index in [0.717, 1.165) is 11.8 Å². The van der Waals surface area contributed by atoms with Gasteiger partial charge in [0.15, 0.2) is 0 Å². The smallest absolute Gasteiger partial charge is 0.0651 e. The quantitative estimate of drug-likeness (QED) is 0.648. The van der Waals surface area contributed by atoms with Crippen molar-refractivity contribution in [3.63, 3.8) is 0 Å². The highest BCUT2D eigenvalue weighted by Gasteiger charge is 2.47. The first-order chi connectivity index (χ1) is 5.22. The molecule has 1 N–H and O–H groups in total. The van der Waals surface area contributed by atoms with Crippen LogP contribution in [0.2, 0.25) is 0 Å². The van der Waals surface area contributed by atoms with Crippen LogP contribution in [-0.4, -0.2) is 17.2 Å². The van der Waals surface area contributed by atoms with Crippen LogP contribution in [0.4, 0.5) is 0 Å². The van der Waals surface area contributed by atoms with Gasteiger partial charge >= 0.3 is 0 Å². The molecule has 2 fully saturated rings. The molecule has 0 unspecified atom stereocenters. The Kier molecular flexibility index (Phi) is 1.92. The summed E-state index contributed by atoms with van der Waals surface area (Å²) in [6.07, 6.45) is 2.82. The molecule has 0 aromatic heterocycles. The van der Waals surface area contributed by atoms with E-state index in [-0.39, 0.29) is 0 Å². The Morgan fingerprint density at radius 1 is 1.45 bits per heavy atom. The van der Waals surface area contributed by atoms with Crippen LogP contribution in [0.5, 0.6) is 0 Å². The number of hydrogen-bond donors (Lipinski definition) is 1. The van der Waals surface area contributed by atoms with Crippen LogP contribution < -0.4 is 5.32 Å². The van der Waals surface area contributed by atoms with Gasteiger partial charge in [0.05, 0.1) is 4.87 Å². The highest BCUT2D eigenvalue weighted by atomic mass is 32.2. The van der Waals surface area contributed by atoms with E-state index in [4.69, 9.17) is 0 Å². The molecule has 1 saturated carbocycles. The van der Waals surface area contributed by atoms with Crippen LogP contribution in [0.3, 0.4) is 0 Å². The first-order valence-electron chi connectivity index (χ1n) is 4.61. The molecule has 2 heteroatoms. The van der Waals surface area contributed by atoms with Gasteiger partial charge in [0.1, 0.15) is 0 Å². The standard InChI is InChI=1S/C9H17NS/c1-7(2)8-5-9(6-8)10-3-4-11-9/h7-8,10H,3-6H2,1-2H3. The molecule has 1 aliphatic heterocycles. The molecule has 0 atom stereocenters. The molecule has 64 valence electrons. The minimum atomic E-state index is 0.537. The average molecular weight is 171 g/mol. The molecular weight excluding hydrogens is 154 g/mol. The lowest BCUT2D eigenvalue weighted by Gasteiger charge is -2.46. The molecule has 0 bridgehead atoms. The number of rotatable bonds is 1. The van der Waals surface area contributed by atoms with Crippen LogP contribution >= 0.6 is 11.8 Å². The molecule has 1 heterocycles. The van der Waals surface area contributed by atoms with Crippen LogP contribution in [-0.2, 0) is 0 Å². The lowest BCUT2D eigenvalue weighted by atomic mass is 9.73. The minimum absolute atomic E-state index is 0.537. The summed E-state index contributed by atoms with van der Waals surface area (Å²) in [5.74, 6) is 3.21. The fourth-order valence-corrected chi connectivity index (χ4v) is 3.56. The largest absolute Gasteiger partial charge is 0.302 e. The van der Waals surface area contributed by atoms with E-state index < -0.39 is 0 Å². The van der Waals surface area contributed by atoms with Gasteiger partial charge < -0.3 is 5.32 Å². The Balaban J connectivity index is 1.86. The summed E-state index contributed by atoms with van der Waals surface area (Å²) in [4.78, 5) is 0.537. The number of hydrogen-bond acceptors (Lipinski definition) is 2. The van der Waals surface area contributed by atoms with Gasteiger partial charge in [0.25, 0.3) is 0 Å². The molecule has 11 heavy (non-hydrogen) atoms. The monoisotopic (exact) mass is 171 g/mol. The van der Waals surface area contributed by atoms with Gasteiger partial charge in [0, 0.05) is 12.3 Å². The molecule has 0 aromatic rings. The molecule has 2 aliphatic rings. The Hall–Kier alpha value is 0.310. The van der Waals surface area contributed by atoms with Crippen molar-refractivity contribution in [1.29, 1.82) is 0 Å². The summed E-state index contributed by atoms with van der Waals surface area (Å²) in [5, 5.41) is 3.62. The van der Waals surface area contributed by atoms with Crippen molar-refractivity contribution in [1.82, 2.24) is 5.32 Å². The predicted octanol–water partition coefficient (Wildman–Crippen LogP) is 2.09. The van der Waals surface area contributed by atoms with E-state index >= 15 is 0 Å². The highest BCUT2D eigenvalue weighted by molar-refractivity contribution is 8.00. The summed E-state index contributed by atoms with van der Waals surface area (Å²) in [5.41, 5.74) is 0. The van der Waals surface area contributed by atoms with Crippen molar-refractivity contribution >= 4 is 11.8 Å². The zero-order chi connectivity index (χ0) is 7.90. The predicted molar refractivity (Wildman–Crippen MR) is 50.8 cm³/mol. The zero-order valence-electron chi connectivity index (χ0n) is 7.39. The van der Waals surface area contributed by atoms with Gasteiger partial charge in [-0.05, 0) is 24.7 Å². The molecule has 1 aliphatic carbocycles. The zero-order valence-corrected chi connectivity index (χ0v) is 8.21. The molecule has 1 saturated heterocycles. The molecule has 2 rings (SSSR count). The molecule has 0 aromatic carbocycles. The van der Waals surface area contributed by atoms with E-state index in [1.54, 1.807) is 0 Å². The SMILES string of the molecule is CC(C)C1CC2(C1)NCCS2. The summed E-state index contributed by atoms with van der Waals surface area (Å²) >= 11 is 2.14. The fraction of sp³-hybridized carbons (Fsp3) is 1.00. The lowest BCUT2D eigenvalue weighted by molar-refractivity contribution is 0.151. The first-order valence-corrected chi connectivity index (χ1v) is 5.59. The Morgan fingerprint density at radius 3 is 2.64 bits per heavy atom. The molecule has 1 spiro atoms. The van der Waals surface area contributed by atoms with Gasteiger partial charge in [-0.3, -0.25) is 0 Å². The topological polar surface area (TPSA) is 12.0 Å². The Morgan fingerprint density at radius 2 is 2.18 bits per heavy atom. The van der Waals surface area contributed by atoms with Crippen molar-refractivity contribution in [2.45, 2.75) is 31.6 Å². The second-order valence-corrected chi connectivity index (χ2v) is 5.66. The van der Waals surface area contributed by atoms with Crippen LogP contribution in [0, 0.1) is 11.8 Å². The Bertz CT molecular complexity index is 142. The van der Waals surface area contributed by atoms with Gasteiger partial charge in [-0.25, -0.2) is 0 Å². The molecule has 0 amide bonds. The molecular formula is C9H17NS. The third-order valence-electron chi connectivity index (χ3n) is 3.05. The highest BCUT2D eigenvalue weighted by Crippen LogP contribution is 2.50. The first kappa shape index (κ1) is 7.93. The summed E-state index contributed by atoms with van der Waals surface area (Å²) in [6, 6.07) is 0.